The summed E-state index contributed by atoms with van der Waals surface area (Å²) in [6.45, 7) is 0. The van der Waals surface area contributed by atoms with Crippen LogP contribution in [0.3, 0.4) is 0 Å². The summed E-state index contributed by atoms with van der Waals surface area (Å²) in [7, 11) is 0. The molecule has 1 aromatic rings. The average molecular weight is 278 g/mol. The molecular weight excluding hydrogens is 260 g/mol. The monoisotopic (exact) mass is 278 g/mol. The zero-order valence-corrected chi connectivity index (χ0v) is 11.8. The molecule has 0 unspecified atom stereocenters. The van der Waals surface area contributed by atoms with Gasteiger partial charge >= 0.3 is 11.9 Å². The molecule has 0 radical (unpaired) electrons. The van der Waals surface area contributed by atoms with Crippen LogP contribution in [-0.4, -0.2) is 23.9 Å². The van der Waals surface area contributed by atoms with Crippen LogP contribution in [0.1, 0.15) is 18.4 Å². The minimum Gasteiger partial charge on any atom is -0.393 e. The van der Waals surface area contributed by atoms with Gasteiger partial charge in [0.1, 0.15) is 0 Å². The summed E-state index contributed by atoms with van der Waals surface area (Å²) in [5.41, 5.74) is 0.870. The van der Waals surface area contributed by atoms with Crippen molar-refractivity contribution >= 4 is 23.7 Å². The summed E-state index contributed by atoms with van der Waals surface area (Å²) >= 11 is 1.80. The number of esters is 2. The molecule has 0 aliphatic heterocycles. The third kappa shape index (κ3) is 4.10. The smallest absolute Gasteiger partial charge is 0.317 e. The number of rotatable bonds is 5. The van der Waals surface area contributed by atoms with E-state index in [2.05, 4.69) is 6.26 Å². The summed E-state index contributed by atoms with van der Waals surface area (Å²) < 4.78 is 4.90. The van der Waals surface area contributed by atoms with Gasteiger partial charge in [0.15, 0.2) is 0 Å². The van der Waals surface area contributed by atoms with E-state index in [0.717, 1.165) is 24.2 Å². The van der Waals surface area contributed by atoms with Crippen molar-refractivity contribution in [2.45, 2.75) is 19.3 Å². The molecule has 19 heavy (non-hydrogen) atoms. The van der Waals surface area contributed by atoms with E-state index in [1.165, 1.54) is 0 Å². The maximum absolute atomic E-state index is 11.7. The van der Waals surface area contributed by atoms with Crippen LogP contribution in [0.5, 0.6) is 0 Å². The van der Waals surface area contributed by atoms with E-state index in [1.54, 1.807) is 11.8 Å². The summed E-state index contributed by atoms with van der Waals surface area (Å²) in [5, 5.41) is 0. The number of hydrogen-bond donors (Lipinski definition) is 0. The molecular formula is C15H18O3S. The molecule has 1 saturated carbocycles. The molecule has 0 aromatic heterocycles. The maximum Gasteiger partial charge on any atom is 0.317 e. The summed E-state index contributed by atoms with van der Waals surface area (Å²) in [5.74, 6) is 0.818. The zero-order valence-electron chi connectivity index (χ0n) is 11.0. The lowest BCUT2D eigenvalue weighted by Gasteiger charge is -2.32. The molecule has 0 saturated heterocycles. The van der Waals surface area contributed by atoms with Gasteiger partial charge in [0.05, 0.1) is 12.3 Å². The van der Waals surface area contributed by atoms with E-state index in [-0.39, 0.29) is 18.3 Å². The highest BCUT2D eigenvalue weighted by Gasteiger charge is 2.36. The quantitative estimate of drug-likeness (QED) is 0.613. The van der Waals surface area contributed by atoms with Crippen molar-refractivity contribution in [2.75, 3.05) is 12.0 Å². The van der Waals surface area contributed by atoms with Crippen molar-refractivity contribution in [3.05, 3.63) is 35.9 Å². The average Bonchev–Trinajstić information content (AvgIpc) is 2.34. The van der Waals surface area contributed by atoms with Crippen molar-refractivity contribution < 1.29 is 14.3 Å². The molecule has 1 aliphatic rings. The van der Waals surface area contributed by atoms with E-state index in [1.807, 2.05) is 30.3 Å². The first-order valence-corrected chi connectivity index (χ1v) is 7.85. The molecule has 4 heteroatoms. The van der Waals surface area contributed by atoms with Crippen molar-refractivity contribution in [1.29, 1.82) is 0 Å². The number of benzene rings is 1. The minimum atomic E-state index is -0.454. The Morgan fingerprint density at radius 3 is 2.58 bits per heavy atom. The molecule has 0 amide bonds. The molecule has 1 aliphatic carbocycles. The summed E-state index contributed by atoms with van der Waals surface area (Å²) in [6.07, 6.45) is 3.94. The van der Waals surface area contributed by atoms with Gasteiger partial charge in [-0.3, -0.25) is 9.59 Å². The fraction of sp³-hybridized carbons (Fsp3) is 0.467. The molecule has 1 aromatic carbocycles. The van der Waals surface area contributed by atoms with Crippen molar-refractivity contribution in [3.8, 4) is 0 Å². The standard InChI is InChI=1S/C15H18O3S/c1-19-10-12-7-13(8-12)15(17)18-14(16)9-11-5-3-2-4-6-11/h2-6,12-13H,7-10H2,1H3. The minimum absolute atomic E-state index is 0.0723. The second-order valence-electron chi connectivity index (χ2n) is 4.95. The zero-order chi connectivity index (χ0) is 13.7. The second-order valence-corrected chi connectivity index (χ2v) is 5.86. The maximum atomic E-state index is 11.7. The Balaban J connectivity index is 1.73. The predicted octanol–water partition coefficient (Wildman–Crippen LogP) is 2.69. The third-order valence-corrected chi connectivity index (χ3v) is 4.18. The lowest BCUT2D eigenvalue weighted by atomic mass is 9.76. The van der Waals surface area contributed by atoms with Gasteiger partial charge in [-0.1, -0.05) is 30.3 Å². The first-order chi connectivity index (χ1) is 9.19. The Kier molecular flexibility index (Phi) is 5.02. The number of carbonyl (C=O) groups excluding carboxylic acids is 2. The Bertz CT molecular complexity index is 438. The van der Waals surface area contributed by atoms with Gasteiger partial charge in [-0.2, -0.15) is 11.8 Å². The van der Waals surface area contributed by atoms with Crippen LogP contribution in [0, 0.1) is 11.8 Å². The molecule has 102 valence electrons. The fourth-order valence-electron chi connectivity index (χ4n) is 2.29. The topological polar surface area (TPSA) is 43.4 Å². The molecule has 0 spiro atoms. The van der Waals surface area contributed by atoms with Gasteiger partial charge < -0.3 is 4.74 Å². The molecule has 3 nitrogen and oxygen atoms in total. The lowest BCUT2D eigenvalue weighted by Crippen LogP contribution is -2.34. The van der Waals surface area contributed by atoms with Crippen LogP contribution in [0.25, 0.3) is 0 Å². The SMILES string of the molecule is CSCC1CC(C(=O)OC(=O)Cc2ccccc2)C1. The Hall–Kier alpha value is -1.29. The van der Waals surface area contributed by atoms with Gasteiger partial charge in [0.2, 0.25) is 0 Å². The van der Waals surface area contributed by atoms with Crippen molar-refractivity contribution in [3.63, 3.8) is 0 Å². The van der Waals surface area contributed by atoms with E-state index in [9.17, 15) is 9.59 Å². The Morgan fingerprint density at radius 2 is 1.95 bits per heavy atom. The number of thioether (sulfide) groups is 1. The highest BCUT2D eigenvalue weighted by Crippen LogP contribution is 2.36. The van der Waals surface area contributed by atoms with E-state index in [0.29, 0.717) is 5.92 Å². The van der Waals surface area contributed by atoms with Crippen LogP contribution in [0.2, 0.25) is 0 Å². The van der Waals surface area contributed by atoms with Crippen LogP contribution in [0.15, 0.2) is 30.3 Å². The van der Waals surface area contributed by atoms with E-state index in [4.69, 9.17) is 4.74 Å². The molecule has 0 bridgehead atoms. The Labute approximate surface area is 117 Å². The number of carbonyl (C=O) groups is 2. The normalized spacial score (nSPS) is 21.5. The first kappa shape index (κ1) is 14.1. The largest absolute Gasteiger partial charge is 0.393 e. The van der Waals surface area contributed by atoms with Crippen molar-refractivity contribution in [2.24, 2.45) is 11.8 Å². The van der Waals surface area contributed by atoms with Crippen LogP contribution in [-0.2, 0) is 20.7 Å². The molecule has 0 heterocycles. The molecule has 2 rings (SSSR count). The highest BCUT2D eigenvalue weighted by molar-refractivity contribution is 7.98. The van der Waals surface area contributed by atoms with Gasteiger partial charge in [-0.05, 0) is 36.3 Å². The highest BCUT2D eigenvalue weighted by atomic mass is 32.2. The van der Waals surface area contributed by atoms with E-state index >= 15 is 0 Å². The molecule has 0 N–H and O–H groups in total. The molecule has 1 fully saturated rings. The van der Waals surface area contributed by atoms with Gasteiger partial charge in [0, 0.05) is 0 Å². The predicted molar refractivity (Wildman–Crippen MR) is 75.8 cm³/mol. The van der Waals surface area contributed by atoms with Gasteiger partial charge in [-0.15, -0.1) is 0 Å². The lowest BCUT2D eigenvalue weighted by molar-refractivity contribution is -0.165. The van der Waals surface area contributed by atoms with Crippen LogP contribution in [0.4, 0.5) is 0 Å². The van der Waals surface area contributed by atoms with Crippen LogP contribution < -0.4 is 0 Å². The number of ether oxygens (including phenoxy) is 1. The third-order valence-electron chi connectivity index (χ3n) is 3.38. The summed E-state index contributed by atoms with van der Waals surface area (Å²) in [6, 6.07) is 9.32. The van der Waals surface area contributed by atoms with E-state index < -0.39 is 5.97 Å². The van der Waals surface area contributed by atoms with Crippen LogP contribution >= 0.6 is 11.8 Å². The Morgan fingerprint density at radius 1 is 1.26 bits per heavy atom. The fourth-order valence-corrected chi connectivity index (χ4v) is 3.04. The number of hydrogen-bond acceptors (Lipinski definition) is 4. The second kappa shape index (κ2) is 6.75. The van der Waals surface area contributed by atoms with Crippen molar-refractivity contribution in [1.82, 2.24) is 0 Å². The first-order valence-electron chi connectivity index (χ1n) is 6.46. The summed E-state index contributed by atoms with van der Waals surface area (Å²) in [4.78, 5) is 23.4. The molecule has 0 atom stereocenters. The van der Waals surface area contributed by atoms with Gasteiger partial charge in [-0.25, -0.2) is 0 Å². The van der Waals surface area contributed by atoms with Gasteiger partial charge in [0.25, 0.3) is 0 Å².